The van der Waals surface area contributed by atoms with Gasteiger partial charge in [0, 0.05) is 17.8 Å². The second-order valence-corrected chi connectivity index (χ2v) is 6.24. The van der Waals surface area contributed by atoms with Crippen molar-refractivity contribution in [1.82, 2.24) is 10.3 Å². The minimum Gasteiger partial charge on any atom is -0.493 e. The summed E-state index contributed by atoms with van der Waals surface area (Å²) >= 11 is 1.71. The third kappa shape index (κ3) is 4.29. The number of nitrogens with zero attached hydrogens (tertiary/aromatic N) is 1. The number of ether oxygens (including phenoxy) is 1. The quantitative estimate of drug-likeness (QED) is 0.845. The van der Waals surface area contributed by atoms with E-state index in [9.17, 15) is 0 Å². The van der Waals surface area contributed by atoms with E-state index in [0.717, 1.165) is 31.0 Å². The number of hydrogen-bond acceptors (Lipinski definition) is 4. The van der Waals surface area contributed by atoms with Crippen LogP contribution in [0.25, 0.3) is 0 Å². The van der Waals surface area contributed by atoms with E-state index in [1.165, 1.54) is 21.6 Å². The van der Waals surface area contributed by atoms with Gasteiger partial charge < -0.3 is 10.1 Å². The number of nitrogens with one attached hydrogen (secondary N) is 1. The van der Waals surface area contributed by atoms with E-state index in [2.05, 4.69) is 50.1 Å². The van der Waals surface area contributed by atoms with Crippen LogP contribution in [0.1, 0.15) is 34.2 Å². The van der Waals surface area contributed by atoms with Crippen LogP contribution in [0.3, 0.4) is 0 Å². The average Bonchev–Trinajstić information content (AvgIpc) is 2.85. The molecule has 4 heteroatoms. The van der Waals surface area contributed by atoms with Crippen molar-refractivity contribution in [2.24, 2.45) is 0 Å². The number of hydrogen-bond donors (Lipinski definition) is 1. The second kappa shape index (κ2) is 7.57. The SMILES string of the molecule is CCNCc1cc(C)c(OCCc2scnc2C)c(C)c1. The van der Waals surface area contributed by atoms with Crippen LogP contribution < -0.4 is 10.1 Å². The van der Waals surface area contributed by atoms with E-state index in [0.29, 0.717) is 6.61 Å². The lowest BCUT2D eigenvalue weighted by Crippen LogP contribution is -2.12. The molecule has 1 aromatic heterocycles. The minimum absolute atomic E-state index is 0.706. The highest BCUT2D eigenvalue weighted by molar-refractivity contribution is 7.09. The summed E-state index contributed by atoms with van der Waals surface area (Å²) in [4.78, 5) is 5.59. The Kier molecular flexibility index (Phi) is 5.76. The van der Waals surface area contributed by atoms with E-state index in [4.69, 9.17) is 4.74 Å². The number of aromatic nitrogens is 1. The van der Waals surface area contributed by atoms with Gasteiger partial charge in [0.25, 0.3) is 0 Å². The lowest BCUT2D eigenvalue weighted by Gasteiger charge is -2.14. The van der Waals surface area contributed by atoms with Crippen molar-refractivity contribution in [2.45, 2.75) is 40.7 Å². The summed E-state index contributed by atoms with van der Waals surface area (Å²) in [6.45, 7) is 11.0. The van der Waals surface area contributed by atoms with Gasteiger partial charge in [0.2, 0.25) is 0 Å². The van der Waals surface area contributed by atoms with Gasteiger partial charge in [-0.25, -0.2) is 4.98 Å². The maximum absolute atomic E-state index is 6.01. The summed E-state index contributed by atoms with van der Waals surface area (Å²) < 4.78 is 6.01. The maximum atomic E-state index is 6.01. The summed E-state index contributed by atoms with van der Waals surface area (Å²) in [6, 6.07) is 4.42. The molecule has 0 fully saturated rings. The Morgan fingerprint density at radius 2 is 1.90 bits per heavy atom. The Morgan fingerprint density at radius 1 is 1.19 bits per heavy atom. The molecular weight excluding hydrogens is 280 g/mol. The number of aryl methyl sites for hydroxylation is 3. The molecule has 0 radical (unpaired) electrons. The van der Waals surface area contributed by atoms with E-state index < -0.39 is 0 Å². The standard InChI is InChI=1S/C17H24N2OS/c1-5-18-10-15-8-12(2)17(13(3)9-15)20-7-6-16-14(4)19-11-21-16/h8-9,11,18H,5-7,10H2,1-4H3. The van der Waals surface area contributed by atoms with Gasteiger partial charge in [0.05, 0.1) is 17.8 Å². The van der Waals surface area contributed by atoms with Crippen molar-refractivity contribution >= 4 is 11.3 Å². The van der Waals surface area contributed by atoms with Gasteiger partial charge in [-0.05, 0) is 44.0 Å². The molecule has 0 amide bonds. The molecule has 0 saturated heterocycles. The molecule has 0 atom stereocenters. The number of rotatable bonds is 7. The van der Waals surface area contributed by atoms with Gasteiger partial charge in [-0.1, -0.05) is 19.1 Å². The summed E-state index contributed by atoms with van der Waals surface area (Å²) in [5.41, 5.74) is 6.76. The molecule has 0 bridgehead atoms. The molecule has 0 unspecified atom stereocenters. The molecule has 21 heavy (non-hydrogen) atoms. The summed E-state index contributed by atoms with van der Waals surface area (Å²) in [5, 5.41) is 3.36. The zero-order valence-electron chi connectivity index (χ0n) is 13.3. The molecule has 0 aliphatic heterocycles. The Bertz CT molecular complexity index is 569. The Hall–Kier alpha value is -1.39. The summed E-state index contributed by atoms with van der Waals surface area (Å²) in [5.74, 6) is 1.03. The third-order valence-corrected chi connectivity index (χ3v) is 4.51. The number of thiazole rings is 1. The molecule has 0 aliphatic rings. The predicted molar refractivity (Wildman–Crippen MR) is 89.3 cm³/mol. The molecule has 1 heterocycles. The predicted octanol–water partition coefficient (Wildman–Crippen LogP) is 3.80. The monoisotopic (exact) mass is 304 g/mol. The van der Waals surface area contributed by atoms with Gasteiger partial charge in [0.15, 0.2) is 0 Å². The third-order valence-electron chi connectivity index (χ3n) is 3.52. The summed E-state index contributed by atoms with van der Waals surface area (Å²) in [7, 11) is 0. The van der Waals surface area contributed by atoms with E-state index in [-0.39, 0.29) is 0 Å². The van der Waals surface area contributed by atoms with Gasteiger partial charge in [-0.2, -0.15) is 0 Å². The van der Waals surface area contributed by atoms with Crippen molar-refractivity contribution in [1.29, 1.82) is 0 Å². The Labute approximate surface area is 131 Å². The molecule has 1 N–H and O–H groups in total. The van der Waals surface area contributed by atoms with Crippen LogP contribution in [-0.4, -0.2) is 18.1 Å². The highest BCUT2D eigenvalue weighted by Gasteiger charge is 2.08. The zero-order valence-corrected chi connectivity index (χ0v) is 14.1. The highest BCUT2D eigenvalue weighted by Crippen LogP contribution is 2.25. The van der Waals surface area contributed by atoms with Crippen LogP contribution in [0.15, 0.2) is 17.6 Å². The van der Waals surface area contributed by atoms with Crippen molar-refractivity contribution < 1.29 is 4.74 Å². The van der Waals surface area contributed by atoms with Crippen LogP contribution in [-0.2, 0) is 13.0 Å². The van der Waals surface area contributed by atoms with Crippen molar-refractivity contribution in [2.75, 3.05) is 13.2 Å². The maximum Gasteiger partial charge on any atom is 0.125 e. The van der Waals surface area contributed by atoms with Crippen LogP contribution >= 0.6 is 11.3 Å². The topological polar surface area (TPSA) is 34.1 Å². The van der Waals surface area contributed by atoms with Gasteiger partial charge >= 0.3 is 0 Å². The highest BCUT2D eigenvalue weighted by atomic mass is 32.1. The molecule has 2 aromatic rings. The molecule has 0 aliphatic carbocycles. The first-order valence-corrected chi connectivity index (χ1v) is 8.32. The second-order valence-electron chi connectivity index (χ2n) is 5.30. The van der Waals surface area contributed by atoms with E-state index in [1.54, 1.807) is 11.3 Å². The average molecular weight is 304 g/mol. The van der Waals surface area contributed by atoms with Crippen LogP contribution in [0.4, 0.5) is 0 Å². The van der Waals surface area contributed by atoms with Crippen molar-refractivity contribution in [3.8, 4) is 5.75 Å². The van der Waals surface area contributed by atoms with Gasteiger partial charge in [-0.3, -0.25) is 0 Å². The zero-order chi connectivity index (χ0) is 15.2. The fourth-order valence-electron chi connectivity index (χ4n) is 2.45. The van der Waals surface area contributed by atoms with Crippen LogP contribution in [0, 0.1) is 20.8 Å². The first kappa shape index (κ1) is 16.0. The van der Waals surface area contributed by atoms with Gasteiger partial charge in [-0.15, -0.1) is 11.3 Å². The van der Waals surface area contributed by atoms with Crippen LogP contribution in [0.2, 0.25) is 0 Å². The molecule has 3 nitrogen and oxygen atoms in total. The first-order chi connectivity index (χ1) is 10.1. The minimum atomic E-state index is 0.706. The fraction of sp³-hybridized carbons (Fsp3) is 0.471. The number of benzene rings is 1. The Morgan fingerprint density at radius 3 is 2.48 bits per heavy atom. The smallest absolute Gasteiger partial charge is 0.125 e. The first-order valence-electron chi connectivity index (χ1n) is 7.44. The summed E-state index contributed by atoms with van der Waals surface area (Å²) in [6.07, 6.45) is 0.925. The lowest BCUT2D eigenvalue weighted by atomic mass is 10.1. The Balaban J connectivity index is 1.98. The fourth-order valence-corrected chi connectivity index (χ4v) is 3.21. The van der Waals surface area contributed by atoms with Gasteiger partial charge in [0.1, 0.15) is 5.75 Å². The molecule has 0 spiro atoms. The lowest BCUT2D eigenvalue weighted by molar-refractivity contribution is 0.318. The molecule has 2 rings (SSSR count). The van der Waals surface area contributed by atoms with Crippen molar-refractivity contribution in [3.63, 3.8) is 0 Å². The largest absolute Gasteiger partial charge is 0.493 e. The molecule has 114 valence electrons. The van der Waals surface area contributed by atoms with Crippen LogP contribution in [0.5, 0.6) is 5.75 Å². The molecular formula is C17H24N2OS. The molecule has 0 saturated carbocycles. The van der Waals surface area contributed by atoms with E-state index in [1.807, 2.05) is 5.51 Å². The normalized spacial score (nSPS) is 10.9. The van der Waals surface area contributed by atoms with E-state index >= 15 is 0 Å². The molecule has 1 aromatic carbocycles. The van der Waals surface area contributed by atoms with Crippen molar-refractivity contribution in [3.05, 3.63) is 44.9 Å².